The fraction of sp³-hybridized carbons (Fsp3) is 0.692. The molecule has 0 unspecified atom stereocenters. The highest BCUT2D eigenvalue weighted by molar-refractivity contribution is 7.91. The van der Waals surface area contributed by atoms with E-state index in [0.29, 0.717) is 19.6 Å². The maximum absolute atomic E-state index is 12.0. The van der Waals surface area contributed by atoms with Crippen LogP contribution < -0.4 is 0 Å². The third-order valence-corrected chi connectivity index (χ3v) is 6.80. The Morgan fingerprint density at radius 1 is 1.32 bits per heavy atom. The summed E-state index contributed by atoms with van der Waals surface area (Å²) < 4.78 is 24.1. The number of fused-ring (bicyclic) bond motifs is 1. The first kappa shape index (κ1) is 15.9. The molecule has 0 bridgehead atoms. The van der Waals surface area contributed by atoms with E-state index in [2.05, 4.69) is 9.88 Å². The third kappa shape index (κ3) is 3.48. The summed E-state index contributed by atoms with van der Waals surface area (Å²) in [5.41, 5.74) is 0. The van der Waals surface area contributed by atoms with Gasteiger partial charge in [0.2, 0.25) is 0 Å². The van der Waals surface area contributed by atoms with E-state index < -0.39 is 15.8 Å². The Balaban J connectivity index is 1.73. The van der Waals surface area contributed by atoms with Gasteiger partial charge in [-0.2, -0.15) is 0 Å². The van der Waals surface area contributed by atoms with Gasteiger partial charge in [0.05, 0.1) is 24.5 Å². The van der Waals surface area contributed by atoms with E-state index in [1.54, 1.807) is 17.5 Å². The van der Waals surface area contributed by atoms with Gasteiger partial charge in [-0.25, -0.2) is 13.4 Å². The minimum absolute atomic E-state index is 0.0513. The lowest BCUT2D eigenvalue weighted by Crippen LogP contribution is -2.58. The third-order valence-electron chi connectivity index (χ3n) is 4.34. The van der Waals surface area contributed by atoms with Crippen LogP contribution in [0.1, 0.15) is 11.4 Å². The molecule has 7 nitrogen and oxygen atoms in total. The Bertz CT molecular complexity index is 632. The fourth-order valence-electron chi connectivity index (χ4n) is 3.31. The van der Waals surface area contributed by atoms with Gasteiger partial charge in [0, 0.05) is 43.3 Å². The molecule has 0 spiro atoms. The Morgan fingerprint density at radius 3 is 2.64 bits per heavy atom. The highest BCUT2D eigenvalue weighted by atomic mass is 32.2. The van der Waals surface area contributed by atoms with Crippen molar-refractivity contribution < 1.29 is 18.3 Å². The molecule has 1 aromatic rings. The number of aliphatic carboxylic acids is 1. The lowest BCUT2D eigenvalue weighted by molar-refractivity contribution is -0.137. The van der Waals surface area contributed by atoms with Crippen LogP contribution in [0.2, 0.25) is 0 Å². The lowest BCUT2D eigenvalue weighted by Gasteiger charge is -2.43. The second-order valence-electron chi connectivity index (χ2n) is 5.79. The van der Waals surface area contributed by atoms with Gasteiger partial charge >= 0.3 is 5.97 Å². The van der Waals surface area contributed by atoms with Crippen molar-refractivity contribution in [3.05, 3.63) is 16.6 Å². The minimum Gasteiger partial charge on any atom is -0.481 e. The quantitative estimate of drug-likeness (QED) is 0.797. The molecule has 9 heteroatoms. The van der Waals surface area contributed by atoms with E-state index in [1.165, 1.54) is 0 Å². The van der Waals surface area contributed by atoms with Crippen LogP contribution in [0.5, 0.6) is 0 Å². The largest absolute Gasteiger partial charge is 0.481 e. The Hall–Kier alpha value is -1.03. The number of hydrogen-bond acceptors (Lipinski definition) is 7. The molecule has 0 aliphatic carbocycles. The number of hydrogen-bond donors (Lipinski definition) is 1. The van der Waals surface area contributed by atoms with Crippen LogP contribution in [-0.2, 0) is 21.2 Å². The molecule has 2 atom stereocenters. The summed E-state index contributed by atoms with van der Waals surface area (Å²) in [7, 11) is -3.06. The number of sulfone groups is 1. The summed E-state index contributed by atoms with van der Waals surface area (Å²) in [5.74, 6) is -0.555. The first-order valence-corrected chi connectivity index (χ1v) is 9.93. The average molecular weight is 345 g/mol. The van der Waals surface area contributed by atoms with Gasteiger partial charge in [-0.15, -0.1) is 11.3 Å². The van der Waals surface area contributed by atoms with Crippen molar-refractivity contribution in [2.75, 3.05) is 31.1 Å². The van der Waals surface area contributed by atoms with E-state index in [-0.39, 0.29) is 30.0 Å². The van der Waals surface area contributed by atoms with Crippen molar-refractivity contribution in [3.63, 3.8) is 0 Å². The lowest BCUT2D eigenvalue weighted by atomic mass is 10.0. The minimum atomic E-state index is -3.06. The summed E-state index contributed by atoms with van der Waals surface area (Å²) in [5, 5.41) is 11.8. The summed E-state index contributed by atoms with van der Waals surface area (Å²) in [6.07, 6.45) is 1.81. The topological polar surface area (TPSA) is 90.8 Å². The monoisotopic (exact) mass is 345 g/mol. The normalized spacial score (nSPS) is 28.5. The van der Waals surface area contributed by atoms with Crippen LogP contribution in [-0.4, -0.2) is 77.5 Å². The second kappa shape index (κ2) is 6.23. The fourth-order valence-corrected chi connectivity index (χ4v) is 6.00. The SMILES string of the molecule is O=C(O)CCN1CCN(Cc2nccs2)[C@H]2CS(=O)(=O)C[C@H]21. The molecule has 0 amide bonds. The molecule has 3 rings (SSSR count). The van der Waals surface area contributed by atoms with E-state index in [9.17, 15) is 13.2 Å². The smallest absolute Gasteiger partial charge is 0.304 e. The number of carboxylic acid groups (broad SMARTS) is 1. The highest BCUT2D eigenvalue weighted by Crippen LogP contribution is 2.28. The maximum atomic E-state index is 12.0. The zero-order valence-corrected chi connectivity index (χ0v) is 13.7. The van der Waals surface area contributed by atoms with Crippen molar-refractivity contribution >= 4 is 27.1 Å². The standard InChI is InChI=1S/C13H19N3O4S2/c17-13(18)1-3-15-4-5-16(7-12-14-2-6-21-12)11-9-22(19,20)8-10(11)15/h2,6,10-11H,1,3-5,7-9H2,(H,17,18)/t10-,11+/m1/s1. The molecule has 2 aliphatic heterocycles. The van der Waals surface area contributed by atoms with Crippen molar-refractivity contribution in [1.82, 2.24) is 14.8 Å². The number of piperazine rings is 1. The van der Waals surface area contributed by atoms with E-state index in [4.69, 9.17) is 5.11 Å². The summed E-state index contributed by atoms with van der Waals surface area (Å²) in [6, 6.07) is -0.158. The number of rotatable bonds is 5. The van der Waals surface area contributed by atoms with Crippen LogP contribution >= 0.6 is 11.3 Å². The van der Waals surface area contributed by atoms with Gasteiger partial charge in [-0.05, 0) is 0 Å². The number of nitrogens with zero attached hydrogens (tertiary/aromatic N) is 3. The summed E-state index contributed by atoms with van der Waals surface area (Å²) >= 11 is 1.57. The van der Waals surface area contributed by atoms with Crippen LogP contribution in [0.15, 0.2) is 11.6 Å². The van der Waals surface area contributed by atoms with E-state index >= 15 is 0 Å². The molecule has 0 saturated carbocycles. The highest BCUT2D eigenvalue weighted by Gasteiger charge is 2.46. The van der Waals surface area contributed by atoms with Crippen LogP contribution in [0.3, 0.4) is 0 Å². The Morgan fingerprint density at radius 2 is 2.00 bits per heavy atom. The molecule has 2 fully saturated rings. The molecule has 122 valence electrons. The Kier molecular flexibility index (Phi) is 4.49. The molecule has 0 aromatic carbocycles. The molecule has 3 heterocycles. The number of carbonyl (C=O) groups is 1. The molecular formula is C13H19N3O4S2. The van der Waals surface area contributed by atoms with Gasteiger partial charge in [-0.3, -0.25) is 14.6 Å². The predicted molar refractivity (Wildman–Crippen MR) is 82.6 cm³/mol. The van der Waals surface area contributed by atoms with Crippen molar-refractivity contribution in [2.24, 2.45) is 0 Å². The molecule has 2 aliphatic rings. The number of carboxylic acids is 1. The van der Waals surface area contributed by atoms with Crippen LogP contribution in [0.4, 0.5) is 0 Å². The number of aromatic nitrogens is 1. The predicted octanol–water partition coefficient (Wildman–Crippen LogP) is -0.0990. The Labute approximate surface area is 133 Å². The molecule has 2 saturated heterocycles. The van der Waals surface area contributed by atoms with E-state index in [1.807, 2.05) is 10.3 Å². The molecule has 1 aromatic heterocycles. The van der Waals surface area contributed by atoms with Crippen LogP contribution in [0.25, 0.3) is 0 Å². The second-order valence-corrected chi connectivity index (χ2v) is 8.92. The molecule has 0 radical (unpaired) electrons. The van der Waals surface area contributed by atoms with Crippen molar-refractivity contribution in [1.29, 1.82) is 0 Å². The molecule has 22 heavy (non-hydrogen) atoms. The van der Waals surface area contributed by atoms with E-state index in [0.717, 1.165) is 11.6 Å². The van der Waals surface area contributed by atoms with Gasteiger partial charge in [0.25, 0.3) is 0 Å². The number of thiazole rings is 1. The van der Waals surface area contributed by atoms with Gasteiger partial charge in [-0.1, -0.05) is 0 Å². The van der Waals surface area contributed by atoms with Crippen LogP contribution in [0, 0.1) is 0 Å². The zero-order valence-electron chi connectivity index (χ0n) is 12.1. The zero-order chi connectivity index (χ0) is 15.7. The van der Waals surface area contributed by atoms with Gasteiger partial charge in [0.15, 0.2) is 9.84 Å². The summed E-state index contributed by atoms with van der Waals surface area (Å²) in [6.45, 7) is 2.53. The molecule has 1 N–H and O–H groups in total. The maximum Gasteiger partial charge on any atom is 0.304 e. The van der Waals surface area contributed by atoms with Gasteiger partial charge < -0.3 is 5.11 Å². The van der Waals surface area contributed by atoms with Crippen molar-refractivity contribution in [2.45, 2.75) is 25.0 Å². The molecular weight excluding hydrogens is 326 g/mol. The first-order valence-electron chi connectivity index (χ1n) is 7.23. The van der Waals surface area contributed by atoms with Gasteiger partial charge in [0.1, 0.15) is 5.01 Å². The first-order chi connectivity index (χ1) is 10.4. The average Bonchev–Trinajstić information content (AvgIpc) is 3.04. The summed E-state index contributed by atoms with van der Waals surface area (Å²) in [4.78, 5) is 19.3. The van der Waals surface area contributed by atoms with Crippen molar-refractivity contribution in [3.8, 4) is 0 Å².